The van der Waals surface area contributed by atoms with Gasteiger partial charge in [0, 0.05) is 24.5 Å². The van der Waals surface area contributed by atoms with Crippen molar-refractivity contribution < 1.29 is 17.9 Å². The van der Waals surface area contributed by atoms with E-state index in [9.17, 15) is 13.2 Å². The van der Waals surface area contributed by atoms with E-state index in [-0.39, 0.29) is 12.4 Å². The van der Waals surface area contributed by atoms with E-state index in [4.69, 9.17) is 16.3 Å². The standard InChI is InChI=1S/C19H19BrClNO4S/c20-17-13-15(21)6-9-18(17)26-19(23)10-5-14-3-7-16(8-4-14)27(24,25)22-11-1-2-12-22/h3-4,6-9,13H,1-2,5,10-12H2. The molecule has 0 spiro atoms. The Hall–Kier alpha value is -1.41. The predicted molar refractivity (Wildman–Crippen MR) is 108 cm³/mol. The van der Waals surface area contributed by atoms with Crippen LogP contribution in [0.3, 0.4) is 0 Å². The fourth-order valence-corrected chi connectivity index (χ4v) is 5.16. The van der Waals surface area contributed by atoms with Gasteiger partial charge in [-0.15, -0.1) is 0 Å². The molecule has 0 unspecified atom stereocenters. The Balaban J connectivity index is 1.57. The Morgan fingerprint density at radius 2 is 1.78 bits per heavy atom. The minimum Gasteiger partial charge on any atom is -0.425 e. The minimum absolute atomic E-state index is 0.188. The zero-order valence-corrected chi connectivity index (χ0v) is 17.7. The van der Waals surface area contributed by atoms with E-state index in [1.54, 1.807) is 42.5 Å². The monoisotopic (exact) mass is 471 g/mol. The minimum atomic E-state index is -3.41. The Kier molecular flexibility index (Phi) is 6.57. The highest BCUT2D eigenvalue weighted by Gasteiger charge is 2.26. The van der Waals surface area contributed by atoms with E-state index in [1.165, 1.54) is 4.31 Å². The Morgan fingerprint density at radius 1 is 1.11 bits per heavy atom. The summed E-state index contributed by atoms with van der Waals surface area (Å²) in [6.45, 7) is 1.16. The molecule has 2 aromatic rings. The molecule has 1 heterocycles. The van der Waals surface area contributed by atoms with E-state index in [2.05, 4.69) is 15.9 Å². The molecular formula is C19H19BrClNO4S. The van der Waals surface area contributed by atoms with Crippen LogP contribution in [-0.2, 0) is 21.2 Å². The molecule has 1 fully saturated rings. The lowest BCUT2D eigenvalue weighted by molar-refractivity contribution is -0.134. The smallest absolute Gasteiger partial charge is 0.311 e. The van der Waals surface area contributed by atoms with Gasteiger partial charge in [0.25, 0.3) is 0 Å². The average molecular weight is 473 g/mol. The molecule has 2 aromatic carbocycles. The quantitative estimate of drug-likeness (QED) is 0.461. The number of carbonyl (C=O) groups is 1. The topological polar surface area (TPSA) is 63.7 Å². The highest BCUT2D eigenvalue weighted by molar-refractivity contribution is 9.10. The molecule has 5 nitrogen and oxygen atoms in total. The summed E-state index contributed by atoms with van der Waals surface area (Å²) in [5, 5.41) is 0.547. The van der Waals surface area contributed by atoms with Crippen LogP contribution in [0, 0.1) is 0 Å². The van der Waals surface area contributed by atoms with E-state index in [0.29, 0.717) is 39.7 Å². The largest absolute Gasteiger partial charge is 0.425 e. The fourth-order valence-electron chi connectivity index (χ4n) is 2.88. The van der Waals surface area contributed by atoms with Crippen LogP contribution in [-0.4, -0.2) is 31.8 Å². The molecule has 0 amide bonds. The molecule has 0 saturated carbocycles. The number of sulfonamides is 1. The van der Waals surface area contributed by atoms with Crippen LogP contribution in [0.5, 0.6) is 5.75 Å². The Morgan fingerprint density at radius 3 is 2.41 bits per heavy atom. The van der Waals surface area contributed by atoms with Crippen LogP contribution in [0.4, 0.5) is 0 Å². The first-order valence-corrected chi connectivity index (χ1v) is 11.2. The zero-order valence-electron chi connectivity index (χ0n) is 14.5. The first-order valence-electron chi connectivity index (χ1n) is 8.61. The molecule has 0 N–H and O–H groups in total. The van der Waals surface area contributed by atoms with Crippen molar-refractivity contribution in [3.63, 3.8) is 0 Å². The normalized spacial score (nSPS) is 15.0. The lowest BCUT2D eigenvalue weighted by atomic mass is 10.1. The number of rotatable bonds is 6. The number of nitrogens with zero attached hydrogens (tertiary/aromatic N) is 1. The van der Waals surface area contributed by atoms with Gasteiger partial charge in [-0.2, -0.15) is 4.31 Å². The number of halogens is 2. The van der Waals surface area contributed by atoms with Crippen molar-refractivity contribution in [1.29, 1.82) is 0 Å². The number of hydrogen-bond acceptors (Lipinski definition) is 4. The zero-order chi connectivity index (χ0) is 19.4. The summed E-state index contributed by atoms with van der Waals surface area (Å²) in [6, 6.07) is 11.6. The molecule has 27 heavy (non-hydrogen) atoms. The maximum Gasteiger partial charge on any atom is 0.311 e. The van der Waals surface area contributed by atoms with Gasteiger partial charge in [-0.25, -0.2) is 8.42 Å². The average Bonchev–Trinajstić information content (AvgIpc) is 3.18. The first kappa shape index (κ1) is 20.3. The Labute approximate surface area is 172 Å². The first-order chi connectivity index (χ1) is 12.9. The molecule has 0 radical (unpaired) electrons. The number of esters is 1. The third kappa shape index (κ3) is 5.10. The summed E-state index contributed by atoms with van der Waals surface area (Å²) in [4.78, 5) is 12.3. The molecule has 1 aliphatic heterocycles. The molecule has 3 rings (SSSR count). The van der Waals surface area contributed by atoms with Crippen LogP contribution in [0.2, 0.25) is 5.02 Å². The molecule has 1 saturated heterocycles. The number of aryl methyl sites for hydroxylation is 1. The third-order valence-corrected chi connectivity index (χ3v) is 7.13. The van der Waals surface area contributed by atoms with Gasteiger partial charge in [-0.1, -0.05) is 23.7 Å². The molecule has 0 bridgehead atoms. The van der Waals surface area contributed by atoms with Crippen molar-refractivity contribution in [2.24, 2.45) is 0 Å². The second kappa shape index (κ2) is 8.73. The summed E-state index contributed by atoms with van der Waals surface area (Å²) >= 11 is 9.17. The predicted octanol–water partition coefficient (Wildman–Crippen LogP) is 4.43. The van der Waals surface area contributed by atoms with Gasteiger partial charge < -0.3 is 4.74 Å². The Bertz CT molecular complexity index is 925. The van der Waals surface area contributed by atoms with E-state index < -0.39 is 10.0 Å². The van der Waals surface area contributed by atoms with Crippen LogP contribution in [0.25, 0.3) is 0 Å². The van der Waals surface area contributed by atoms with E-state index in [0.717, 1.165) is 18.4 Å². The van der Waals surface area contributed by atoms with Gasteiger partial charge in [0.1, 0.15) is 5.75 Å². The number of carbonyl (C=O) groups excluding carboxylic acids is 1. The second-order valence-corrected chi connectivity index (χ2v) is 9.53. The summed E-state index contributed by atoms with van der Waals surface area (Å²) in [6.07, 6.45) is 2.47. The SMILES string of the molecule is O=C(CCc1ccc(S(=O)(=O)N2CCCC2)cc1)Oc1ccc(Cl)cc1Br. The number of ether oxygens (including phenoxy) is 1. The summed E-state index contributed by atoms with van der Waals surface area (Å²) < 4.78 is 32.5. The molecule has 0 atom stereocenters. The van der Waals surface area contributed by atoms with Gasteiger partial charge in [-0.3, -0.25) is 4.79 Å². The van der Waals surface area contributed by atoms with Crippen molar-refractivity contribution in [2.45, 2.75) is 30.6 Å². The van der Waals surface area contributed by atoms with Crippen molar-refractivity contribution in [3.05, 3.63) is 57.5 Å². The number of benzene rings is 2. The summed E-state index contributed by atoms with van der Waals surface area (Å²) in [5.74, 6) is 0.0447. The van der Waals surface area contributed by atoms with E-state index >= 15 is 0 Å². The maximum atomic E-state index is 12.5. The molecule has 0 aliphatic carbocycles. The fraction of sp³-hybridized carbons (Fsp3) is 0.316. The lowest BCUT2D eigenvalue weighted by Crippen LogP contribution is -2.27. The highest BCUT2D eigenvalue weighted by atomic mass is 79.9. The third-order valence-electron chi connectivity index (χ3n) is 4.36. The summed E-state index contributed by atoms with van der Waals surface area (Å²) in [5.41, 5.74) is 0.877. The van der Waals surface area contributed by atoms with Gasteiger partial charge in [0.15, 0.2) is 0 Å². The maximum absolute atomic E-state index is 12.5. The molecule has 0 aromatic heterocycles. The van der Waals surface area contributed by atoms with Gasteiger partial charge in [0.05, 0.1) is 9.37 Å². The van der Waals surface area contributed by atoms with Gasteiger partial charge >= 0.3 is 5.97 Å². The second-order valence-electron chi connectivity index (χ2n) is 6.30. The molecule has 8 heteroatoms. The number of hydrogen-bond donors (Lipinski definition) is 0. The summed E-state index contributed by atoms with van der Waals surface area (Å²) in [7, 11) is -3.41. The van der Waals surface area contributed by atoms with Gasteiger partial charge in [-0.05, 0) is 71.1 Å². The van der Waals surface area contributed by atoms with Crippen molar-refractivity contribution in [2.75, 3.05) is 13.1 Å². The van der Waals surface area contributed by atoms with Crippen LogP contribution < -0.4 is 4.74 Å². The molecule has 1 aliphatic rings. The van der Waals surface area contributed by atoms with Crippen LogP contribution in [0.1, 0.15) is 24.8 Å². The van der Waals surface area contributed by atoms with E-state index in [1.807, 2.05) is 0 Å². The van der Waals surface area contributed by atoms with Crippen LogP contribution in [0.15, 0.2) is 51.8 Å². The molecular weight excluding hydrogens is 454 g/mol. The van der Waals surface area contributed by atoms with Crippen molar-refractivity contribution >= 4 is 43.5 Å². The van der Waals surface area contributed by atoms with Gasteiger partial charge in [0.2, 0.25) is 10.0 Å². The van der Waals surface area contributed by atoms with Crippen molar-refractivity contribution in [3.8, 4) is 5.75 Å². The van der Waals surface area contributed by atoms with Crippen LogP contribution >= 0.6 is 27.5 Å². The molecule has 144 valence electrons. The highest BCUT2D eigenvalue weighted by Crippen LogP contribution is 2.28. The lowest BCUT2D eigenvalue weighted by Gasteiger charge is -2.15. The van der Waals surface area contributed by atoms with Crippen molar-refractivity contribution in [1.82, 2.24) is 4.31 Å².